The van der Waals surface area contributed by atoms with Gasteiger partial charge >= 0.3 is 0 Å². The van der Waals surface area contributed by atoms with Gasteiger partial charge in [-0.1, -0.05) is 36.4 Å². The summed E-state index contributed by atoms with van der Waals surface area (Å²) in [6, 6.07) is 18.8. The van der Waals surface area contributed by atoms with E-state index in [1.54, 1.807) is 24.3 Å². The predicted molar refractivity (Wildman–Crippen MR) is 128 cm³/mol. The van der Waals surface area contributed by atoms with Crippen LogP contribution in [0.2, 0.25) is 0 Å². The average Bonchev–Trinajstić information content (AvgIpc) is 3.42. The standard InChI is InChI=1S/C25H20N2O6S/c28-23(14-31-19-7-6-17-3-1-2-4-18(17)13-19)26-9-10-27-24(29)22(34-25(27)30)12-16-5-8-20-21(11-16)33-15-32-20/h1-8,11-13H,9-10,14-15H2,(H,26,28)/b22-12-. The van der Waals surface area contributed by atoms with Crippen molar-refractivity contribution in [1.29, 1.82) is 0 Å². The molecule has 0 saturated carbocycles. The SMILES string of the molecule is O=C(COc1ccc2ccccc2c1)NCCN1C(=O)S/C(=C\c2ccc3c(c2)OCO3)C1=O. The summed E-state index contributed by atoms with van der Waals surface area (Å²) in [6.07, 6.45) is 1.64. The van der Waals surface area contributed by atoms with Crippen molar-refractivity contribution < 1.29 is 28.6 Å². The molecule has 1 saturated heterocycles. The maximum atomic E-state index is 12.7. The predicted octanol–water partition coefficient (Wildman–Crippen LogP) is 3.80. The summed E-state index contributed by atoms with van der Waals surface area (Å²) in [5, 5.41) is 4.41. The smallest absolute Gasteiger partial charge is 0.293 e. The van der Waals surface area contributed by atoms with Crippen LogP contribution in [0.5, 0.6) is 17.2 Å². The fraction of sp³-hybridized carbons (Fsp3) is 0.160. The molecule has 2 heterocycles. The molecule has 172 valence electrons. The van der Waals surface area contributed by atoms with Crippen molar-refractivity contribution in [2.24, 2.45) is 0 Å². The summed E-state index contributed by atoms with van der Waals surface area (Å²) in [5.41, 5.74) is 0.730. The van der Waals surface area contributed by atoms with Crippen LogP contribution in [0.4, 0.5) is 4.79 Å². The minimum atomic E-state index is -0.394. The van der Waals surface area contributed by atoms with Gasteiger partial charge in [0.1, 0.15) is 5.75 Å². The Balaban J connectivity index is 1.11. The van der Waals surface area contributed by atoms with Gasteiger partial charge in [-0.15, -0.1) is 0 Å². The fourth-order valence-electron chi connectivity index (χ4n) is 3.61. The van der Waals surface area contributed by atoms with E-state index in [2.05, 4.69) is 5.32 Å². The molecule has 3 amide bonds. The van der Waals surface area contributed by atoms with Crippen molar-refractivity contribution in [2.75, 3.05) is 26.5 Å². The zero-order valence-electron chi connectivity index (χ0n) is 18.0. The van der Waals surface area contributed by atoms with E-state index in [9.17, 15) is 14.4 Å². The van der Waals surface area contributed by atoms with Crippen molar-refractivity contribution in [3.8, 4) is 17.2 Å². The fourth-order valence-corrected chi connectivity index (χ4v) is 4.48. The van der Waals surface area contributed by atoms with Gasteiger partial charge in [-0.25, -0.2) is 0 Å². The second-order valence-electron chi connectivity index (χ2n) is 7.59. The molecule has 0 unspecified atom stereocenters. The molecule has 0 atom stereocenters. The molecule has 0 aromatic heterocycles. The van der Waals surface area contributed by atoms with E-state index in [1.165, 1.54) is 0 Å². The monoisotopic (exact) mass is 476 g/mol. The summed E-state index contributed by atoms with van der Waals surface area (Å²) in [4.78, 5) is 38.6. The molecular formula is C25H20N2O6S. The number of nitrogens with zero attached hydrogens (tertiary/aromatic N) is 1. The normalized spacial score (nSPS) is 15.9. The number of amides is 3. The third-order valence-electron chi connectivity index (χ3n) is 5.32. The average molecular weight is 477 g/mol. The number of hydrogen-bond acceptors (Lipinski definition) is 7. The topological polar surface area (TPSA) is 94.2 Å². The van der Waals surface area contributed by atoms with E-state index in [0.29, 0.717) is 22.2 Å². The van der Waals surface area contributed by atoms with Gasteiger partial charge in [0.25, 0.3) is 17.1 Å². The Labute approximate surface area is 199 Å². The first-order valence-corrected chi connectivity index (χ1v) is 11.4. The Kier molecular flexibility index (Phi) is 6.09. The van der Waals surface area contributed by atoms with Gasteiger partial charge in [-0.3, -0.25) is 19.3 Å². The van der Waals surface area contributed by atoms with E-state index in [4.69, 9.17) is 14.2 Å². The van der Waals surface area contributed by atoms with Crippen molar-refractivity contribution in [2.45, 2.75) is 0 Å². The molecule has 8 nitrogen and oxygen atoms in total. The molecular weight excluding hydrogens is 456 g/mol. The lowest BCUT2D eigenvalue weighted by Gasteiger charge is -2.13. The molecule has 0 bridgehead atoms. The first kappa shape index (κ1) is 21.8. The number of rotatable bonds is 7. The molecule has 0 radical (unpaired) electrons. The number of carbonyl (C=O) groups excluding carboxylic acids is 3. The number of benzene rings is 3. The summed E-state index contributed by atoms with van der Waals surface area (Å²) in [5.74, 6) is 1.10. The lowest BCUT2D eigenvalue weighted by Crippen LogP contribution is -2.38. The largest absolute Gasteiger partial charge is 0.484 e. The zero-order chi connectivity index (χ0) is 23.5. The minimum Gasteiger partial charge on any atom is -0.484 e. The van der Waals surface area contributed by atoms with E-state index < -0.39 is 5.91 Å². The minimum absolute atomic E-state index is 0.0743. The number of carbonyl (C=O) groups is 3. The van der Waals surface area contributed by atoms with Crippen molar-refractivity contribution in [1.82, 2.24) is 10.2 Å². The van der Waals surface area contributed by atoms with Crippen molar-refractivity contribution in [3.63, 3.8) is 0 Å². The first-order chi connectivity index (χ1) is 16.6. The van der Waals surface area contributed by atoms with Gasteiger partial charge in [0, 0.05) is 13.1 Å². The van der Waals surface area contributed by atoms with Crippen molar-refractivity contribution in [3.05, 3.63) is 71.1 Å². The van der Waals surface area contributed by atoms with Crippen LogP contribution in [-0.4, -0.2) is 48.4 Å². The Morgan fingerprint density at radius 3 is 2.74 bits per heavy atom. The number of imide groups is 1. The summed E-state index contributed by atoms with van der Waals surface area (Å²) in [6.45, 7) is 0.207. The van der Waals surface area contributed by atoms with Gasteiger partial charge in [0.2, 0.25) is 6.79 Å². The second kappa shape index (κ2) is 9.48. The third-order valence-corrected chi connectivity index (χ3v) is 6.22. The number of ether oxygens (including phenoxy) is 3. The molecule has 0 aliphatic carbocycles. The highest BCUT2D eigenvalue weighted by atomic mass is 32.2. The van der Waals surface area contributed by atoms with Crippen LogP contribution >= 0.6 is 11.8 Å². The summed E-state index contributed by atoms with van der Waals surface area (Å²) in [7, 11) is 0. The second-order valence-corrected chi connectivity index (χ2v) is 8.59. The highest BCUT2D eigenvalue weighted by Crippen LogP contribution is 2.36. The van der Waals surface area contributed by atoms with Gasteiger partial charge in [0.15, 0.2) is 18.1 Å². The molecule has 9 heteroatoms. The Hall–Kier alpha value is -3.98. The van der Waals surface area contributed by atoms with E-state index in [0.717, 1.165) is 33.0 Å². The van der Waals surface area contributed by atoms with E-state index in [1.807, 2.05) is 42.5 Å². The Morgan fingerprint density at radius 1 is 1.03 bits per heavy atom. The number of fused-ring (bicyclic) bond motifs is 2. The Bertz CT molecular complexity index is 1320. The first-order valence-electron chi connectivity index (χ1n) is 10.6. The molecule has 3 aromatic carbocycles. The highest BCUT2D eigenvalue weighted by molar-refractivity contribution is 8.18. The van der Waals surface area contributed by atoms with Crippen LogP contribution in [-0.2, 0) is 9.59 Å². The van der Waals surface area contributed by atoms with Gasteiger partial charge < -0.3 is 19.5 Å². The number of thioether (sulfide) groups is 1. The van der Waals surface area contributed by atoms with Crippen LogP contribution in [0.15, 0.2) is 65.6 Å². The molecule has 1 fully saturated rings. The number of hydrogen-bond donors (Lipinski definition) is 1. The molecule has 3 aromatic rings. The van der Waals surface area contributed by atoms with Crippen LogP contribution in [0.25, 0.3) is 16.8 Å². The van der Waals surface area contributed by atoms with Gasteiger partial charge in [0.05, 0.1) is 4.91 Å². The lowest BCUT2D eigenvalue weighted by atomic mass is 10.1. The van der Waals surface area contributed by atoms with Crippen LogP contribution in [0.3, 0.4) is 0 Å². The highest BCUT2D eigenvalue weighted by Gasteiger charge is 2.34. The summed E-state index contributed by atoms with van der Waals surface area (Å²) < 4.78 is 16.2. The maximum absolute atomic E-state index is 12.7. The lowest BCUT2D eigenvalue weighted by molar-refractivity contribution is -0.125. The Morgan fingerprint density at radius 2 is 1.85 bits per heavy atom. The van der Waals surface area contributed by atoms with Crippen LogP contribution in [0.1, 0.15) is 5.56 Å². The van der Waals surface area contributed by atoms with E-state index >= 15 is 0 Å². The molecule has 2 aliphatic rings. The molecule has 0 spiro atoms. The zero-order valence-corrected chi connectivity index (χ0v) is 18.8. The molecule has 2 aliphatic heterocycles. The maximum Gasteiger partial charge on any atom is 0.293 e. The molecule has 1 N–H and O–H groups in total. The van der Waals surface area contributed by atoms with Crippen LogP contribution in [0, 0.1) is 0 Å². The summed E-state index contributed by atoms with van der Waals surface area (Å²) >= 11 is 0.866. The van der Waals surface area contributed by atoms with Gasteiger partial charge in [-0.05, 0) is 58.4 Å². The van der Waals surface area contributed by atoms with Gasteiger partial charge in [-0.2, -0.15) is 0 Å². The van der Waals surface area contributed by atoms with Crippen molar-refractivity contribution >= 4 is 45.7 Å². The van der Waals surface area contributed by atoms with E-state index in [-0.39, 0.29) is 37.6 Å². The third kappa shape index (κ3) is 4.69. The molecule has 34 heavy (non-hydrogen) atoms. The number of nitrogens with one attached hydrogen (secondary N) is 1. The molecule has 5 rings (SSSR count). The quantitative estimate of drug-likeness (QED) is 0.519. The van der Waals surface area contributed by atoms with Crippen LogP contribution < -0.4 is 19.5 Å².